The first-order valence-corrected chi connectivity index (χ1v) is 13.0. The summed E-state index contributed by atoms with van der Waals surface area (Å²) in [4.78, 5) is 31.7. The van der Waals surface area contributed by atoms with E-state index in [0.717, 1.165) is 16.8 Å². The van der Waals surface area contributed by atoms with Gasteiger partial charge in [0, 0.05) is 35.2 Å². The minimum Gasteiger partial charge on any atom is -0.493 e. The van der Waals surface area contributed by atoms with Crippen molar-refractivity contribution in [3.63, 3.8) is 0 Å². The van der Waals surface area contributed by atoms with Crippen LogP contribution >= 0.6 is 0 Å². The molecule has 208 valence electrons. The van der Waals surface area contributed by atoms with E-state index < -0.39 is 12.1 Å². The SMILES string of the molecule is COc1ccc2cc1OCCn1cc(nn1)CO[C@H]1CN(C(=O)Cc3c(C)[nH]c4ccc(F)cc34)C[C@@H]1NC2=O. The molecule has 40 heavy (non-hydrogen) atoms. The Kier molecular flexibility index (Phi) is 6.84. The first-order valence-electron chi connectivity index (χ1n) is 13.0. The molecule has 11 nitrogen and oxygen atoms in total. The van der Waals surface area contributed by atoms with Crippen LogP contribution in [0.15, 0.2) is 42.6 Å². The number of nitrogens with one attached hydrogen (secondary N) is 2. The first-order chi connectivity index (χ1) is 19.4. The van der Waals surface area contributed by atoms with Gasteiger partial charge in [0.25, 0.3) is 5.91 Å². The van der Waals surface area contributed by atoms with E-state index in [1.807, 2.05) is 6.92 Å². The maximum Gasteiger partial charge on any atom is 0.251 e. The van der Waals surface area contributed by atoms with Gasteiger partial charge in [0.05, 0.1) is 45.0 Å². The minimum absolute atomic E-state index is 0.0934. The van der Waals surface area contributed by atoms with Crippen molar-refractivity contribution in [3.8, 4) is 11.5 Å². The van der Waals surface area contributed by atoms with Crippen LogP contribution in [0.2, 0.25) is 0 Å². The number of likely N-dealkylation sites (tertiary alicyclic amines) is 1. The fourth-order valence-corrected chi connectivity index (χ4v) is 5.27. The molecule has 0 spiro atoms. The number of methoxy groups -OCH3 is 1. The van der Waals surface area contributed by atoms with E-state index in [4.69, 9.17) is 14.2 Å². The lowest BCUT2D eigenvalue weighted by atomic mass is 10.1. The number of fused-ring (bicyclic) bond motifs is 6. The van der Waals surface area contributed by atoms with Crippen molar-refractivity contribution in [1.82, 2.24) is 30.2 Å². The number of benzene rings is 2. The van der Waals surface area contributed by atoms with Crippen molar-refractivity contribution in [1.29, 1.82) is 0 Å². The average molecular weight is 549 g/mol. The van der Waals surface area contributed by atoms with Gasteiger partial charge in [-0.3, -0.25) is 9.59 Å². The number of aromatic nitrogens is 4. The molecular formula is C28H29FN6O5. The molecule has 2 aromatic carbocycles. The number of aryl methyl sites for hydroxylation is 1. The maximum atomic E-state index is 14.0. The van der Waals surface area contributed by atoms with Crippen LogP contribution in [-0.4, -0.2) is 75.6 Å². The molecule has 0 saturated carbocycles. The number of rotatable bonds is 3. The molecule has 0 unspecified atom stereocenters. The lowest BCUT2D eigenvalue weighted by Gasteiger charge is -2.20. The number of ether oxygens (including phenoxy) is 3. The van der Waals surface area contributed by atoms with Crippen molar-refractivity contribution in [2.45, 2.75) is 38.6 Å². The van der Waals surface area contributed by atoms with Crippen molar-refractivity contribution in [2.75, 3.05) is 26.8 Å². The fraction of sp³-hybridized carbons (Fsp3) is 0.357. The van der Waals surface area contributed by atoms with Gasteiger partial charge < -0.3 is 29.4 Å². The van der Waals surface area contributed by atoms with E-state index in [2.05, 4.69) is 20.6 Å². The highest BCUT2D eigenvalue weighted by molar-refractivity contribution is 5.95. The number of carbonyl (C=O) groups excluding carboxylic acids is 2. The van der Waals surface area contributed by atoms with E-state index in [-0.39, 0.29) is 43.7 Å². The Labute approximate surface area is 229 Å². The van der Waals surface area contributed by atoms with E-state index in [9.17, 15) is 14.0 Å². The Bertz CT molecular complexity index is 1580. The second kappa shape index (κ2) is 10.6. The van der Waals surface area contributed by atoms with E-state index in [1.54, 1.807) is 40.0 Å². The normalized spacial score (nSPS) is 19.4. The quantitative estimate of drug-likeness (QED) is 0.403. The van der Waals surface area contributed by atoms with Gasteiger partial charge in [0.2, 0.25) is 5.91 Å². The highest BCUT2D eigenvalue weighted by atomic mass is 19.1. The van der Waals surface area contributed by atoms with Crippen molar-refractivity contribution in [3.05, 3.63) is 70.9 Å². The van der Waals surface area contributed by atoms with E-state index in [0.29, 0.717) is 41.3 Å². The molecule has 1 saturated heterocycles. The van der Waals surface area contributed by atoms with Crippen LogP contribution in [0.3, 0.4) is 0 Å². The highest BCUT2D eigenvalue weighted by Gasteiger charge is 2.37. The molecule has 2 aliphatic heterocycles. The molecule has 12 heteroatoms. The summed E-state index contributed by atoms with van der Waals surface area (Å²) in [6.07, 6.45) is 1.40. The summed E-state index contributed by atoms with van der Waals surface area (Å²) in [5, 5.41) is 12.0. The van der Waals surface area contributed by atoms with Crippen LogP contribution in [0, 0.1) is 12.7 Å². The molecule has 4 heterocycles. The Balaban J connectivity index is 1.25. The molecule has 2 aromatic heterocycles. The predicted molar refractivity (Wildman–Crippen MR) is 142 cm³/mol. The van der Waals surface area contributed by atoms with Gasteiger partial charge in [0.1, 0.15) is 18.1 Å². The molecule has 2 amide bonds. The fourth-order valence-electron chi connectivity index (χ4n) is 5.27. The van der Waals surface area contributed by atoms with Crippen LogP contribution in [0.4, 0.5) is 4.39 Å². The first kappa shape index (κ1) is 25.8. The second-order valence-corrected chi connectivity index (χ2v) is 10.0. The van der Waals surface area contributed by atoms with Gasteiger partial charge in [0.15, 0.2) is 11.5 Å². The summed E-state index contributed by atoms with van der Waals surface area (Å²) in [5.41, 5.74) is 3.36. The lowest BCUT2D eigenvalue weighted by Crippen LogP contribution is -2.44. The van der Waals surface area contributed by atoms with Crippen LogP contribution in [0.25, 0.3) is 10.9 Å². The zero-order valence-corrected chi connectivity index (χ0v) is 22.1. The topological polar surface area (TPSA) is 124 Å². The number of nitrogens with zero attached hydrogens (tertiary/aromatic N) is 4. The number of hydrogen-bond acceptors (Lipinski definition) is 7. The van der Waals surface area contributed by atoms with Gasteiger partial charge in [-0.05, 0) is 48.9 Å². The average Bonchev–Trinajstić information content (AvgIpc) is 3.64. The zero-order chi connectivity index (χ0) is 27.8. The van der Waals surface area contributed by atoms with Gasteiger partial charge in [-0.25, -0.2) is 9.07 Å². The van der Waals surface area contributed by atoms with E-state index >= 15 is 0 Å². The number of amides is 2. The summed E-state index contributed by atoms with van der Waals surface area (Å²) in [6.45, 7) is 3.33. The number of carbonyl (C=O) groups is 2. The van der Waals surface area contributed by atoms with Crippen molar-refractivity contribution in [2.24, 2.45) is 0 Å². The molecular weight excluding hydrogens is 519 g/mol. The summed E-state index contributed by atoms with van der Waals surface area (Å²) in [5.74, 6) is 0.126. The van der Waals surface area contributed by atoms with Gasteiger partial charge in [-0.1, -0.05) is 5.21 Å². The molecule has 2 atom stereocenters. The van der Waals surface area contributed by atoms with Crippen LogP contribution in [0.1, 0.15) is 27.3 Å². The standard InChI is InChI=1S/C28H29FN6O5/c1-16-20(21-10-18(29)4-5-22(21)30-16)11-27(36)34-13-23-26(14-34)40-15-19-12-35(33-32-19)7-8-39-25-9-17(28(37)31-23)3-6-24(25)38-2/h3-6,9-10,12,23,26,30H,7-8,11,13-15H2,1-2H3,(H,31,37)/t23-,26-/m0/s1. The van der Waals surface area contributed by atoms with Crippen LogP contribution in [0.5, 0.6) is 11.5 Å². The molecule has 0 aliphatic carbocycles. The number of halogens is 1. The molecule has 4 bridgehead atoms. The number of H-pyrrole nitrogens is 1. The van der Waals surface area contributed by atoms with E-state index in [1.165, 1.54) is 19.2 Å². The van der Waals surface area contributed by atoms with Gasteiger partial charge >= 0.3 is 0 Å². The van der Waals surface area contributed by atoms with Crippen LogP contribution < -0.4 is 14.8 Å². The third-order valence-corrected chi connectivity index (χ3v) is 7.38. The van der Waals surface area contributed by atoms with Gasteiger partial charge in [-0.15, -0.1) is 5.10 Å². The van der Waals surface area contributed by atoms with Crippen LogP contribution in [-0.2, 0) is 29.1 Å². The highest BCUT2D eigenvalue weighted by Crippen LogP contribution is 2.29. The monoisotopic (exact) mass is 548 g/mol. The molecule has 6 rings (SSSR count). The third kappa shape index (κ3) is 5.09. The molecule has 0 radical (unpaired) electrons. The summed E-state index contributed by atoms with van der Waals surface area (Å²) < 4.78 is 33.1. The number of aromatic amines is 1. The van der Waals surface area contributed by atoms with Crippen molar-refractivity contribution >= 4 is 22.7 Å². The van der Waals surface area contributed by atoms with Crippen molar-refractivity contribution < 1.29 is 28.2 Å². The Morgan fingerprint density at radius 1 is 1.23 bits per heavy atom. The maximum absolute atomic E-state index is 14.0. The third-order valence-electron chi connectivity index (χ3n) is 7.38. The lowest BCUT2D eigenvalue weighted by molar-refractivity contribution is -0.130. The Morgan fingerprint density at radius 3 is 2.95 bits per heavy atom. The Morgan fingerprint density at radius 2 is 2.10 bits per heavy atom. The smallest absolute Gasteiger partial charge is 0.251 e. The minimum atomic E-state index is -0.473. The molecule has 1 fully saturated rings. The molecule has 4 aromatic rings. The predicted octanol–water partition coefficient (Wildman–Crippen LogP) is 2.38. The molecule has 2 aliphatic rings. The zero-order valence-electron chi connectivity index (χ0n) is 22.1. The second-order valence-electron chi connectivity index (χ2n) is 10.0. The summed E-state index contributed by atoms with van der Waals surface area (Å²) in [6, 6.07) is 9.00. The van der Waals surface area contributed by atoms with Gasteiger partial charge in [-0.2, -0.15) is 0 Å². The number of hydrogen-bond donors (Lipinski definition) is 2. The summed E-state index contributed by atoms with van der Waals surface area (Å²) in [7, 11) is 1.54. The Hall–Kier alpha value is -4.45. The molecule has 2 N–H and O–H groups in total. The summed E-state index contributed by atoms with van der Waals surface area (Å²) >= 11 is 0. The largest absolute Gasteiger partial charge is 0.493 e.